The molecule has 3 N–H and O–H groups in total. The lowest BCUT2D eigenvalue weighted by Gasteiger charge is -2.19. The van der Waals surface area contributed by atoms with Gasteiger partial charge in [0.05, 0.1) is 10.3 Å². The molecule has 0 heterocycles. The predicted molar refractivity (Wildman–Crippen MR) is 97.4 cm³/mol. The van der Waals surface area contributed by atoms with Crippen molar-refractivity contribution in [3.8, 4) is 0 Å². The summed E-state index contributed by atoms with van der Waals surface area (Å²) in [5.41, 5.74) is -0.712. The van der Waals surface area contributed by atoms with Gasteiger partial charge in [-0.05, 0) is 51.3 Å². The van der Waals surface area contributed by atoms with Gasteiger partial charge in [-0.1, -0.05) is 18.9 Å². The molecule has 1 saturated carbocycles. The number of nitrogens with one attached hydrogen (secondary N) is 2. The molecule has 8 heteroatoms. The first-order valence-electron chi connectivity index (χ1n) is 8.76. The molecule has 1 amide bonds. The summed E-state index contributed by atoms with van der Waals surface area (Å²) in [5, 5.41) is 11.7. The fourth-order valence-electron chi connectivity index (χ4n) is 2.83. The molecule has 7 nitrogen and oxygen atoms in total. The molecule has 0 saturated heterocycles. The average molecular weight is 382 g/mol. The van der Waals surface area contributed by atoms with Gasteiger partial charge >= 0.3 is 5.97 Å². The molecule has 1 aliphatic rings. The van der Waals surface area contributed by atoms with E-state index in [9.17, 15) is 18.0 Å². The van der Waals surface area contributed by atoms with E-state index in [1.807, 2.05) is 0 Å². The second-order valence-electron chi connectivity index (χ2n) is 7.33. The number of amides is 1. The third kappa shape index (κ3) is 5.28. The van der Waals surface area contributed by atoms with Crippen LogP contribution >= 0.6 is 0 Å². The topological polar surface area (TPSA) is 113 Å². The molecule has 144 valence electrons. The van der Waals surface area contributed by atoms with E-state index in [1.54, 1.807) is 13.8 Å². The zero-order chi connectivity index (χ0) is 19.4. The number of carboxylic acids is 1. The maximum Gasteiger partial charge on any atom is 0.309 e. The predicted octanol–water partition coefficient (Wildman–Crippen LogP) is 2.14. The molecule has 0 spiro atoms. The lowest BCUT2D eigenvalue weighted by Crippen LogP contribution is -2.33. The summed E-state index contributed by atoms with van der Waals surface area (Å²) < 4.78 is 27.6. The Labute approximate surface area is 154 Å². The third-order valence-corrected chi connectivity index (χ3v) is 6.22. The molecule has 0 atom stereocenters. The molecule has 26 heavy (non-hydrogen) atoms. The molecule has 0 unspecified atom stereocenters. The fourth-order valence-corrected chi connectivity index (χ4v) is 4.18. The van der Waals surface area contributed by atoms with Crippen LogP contribution in [0, 0.1) is 5.41 Å². The molecule has 0 aromatic heterocycles. The molecule has 0 aliphatic heterocycles. The van der Waals surface area contributed by atoms with Gasteiger partial charge in [-0.2, -0.15) is 0 Å². The maximum absolute atomic E-state index is 12.5. The van der Waals surface area contributed by atoms with E-state index in [2.05, 4.69) is 10.0 Å². The molecule has 1 aromatic rings. The van der Waals surface area contributed by atoms with Gasteiger partial charge in [0.1, 0.15) is 0 Å². The molecular weight excluding hydrogens is 356 g/mol. The van der Waals surface area contributed by atoms with Crippen LogP contribution in [0.3, 0.4) is 0 Å². The molecule has 1 aromatic carbocycles. The number of sulfonamides is 1. The van der Waals surface area contributed by atoms with Gasteiger partial charge in [0, 0.05) is 18.2 Å². The number of rotatable bonds is 8. The summed E-state index contributed by atoms with van der Waals surface area (Å²) in [5.74, 6) is -1.36. The minimum absolute atomic E-state index is 0.0456. The van der Waals surface area contributed by atoms with Gasteiger partial charge in [0.25, 0.3) is 5.91 Å². The highest BCUT2D eigenvalue weighted by molar-refractivity contribution is 7.89. The SMILES string of the molecule is CC(C)(CCNC(=O)c1cccc(S(=O)(=O)NC2CCCC2)c1)C(=O)O. The van der Waals surface area contributed by atoms with Gasteiger partial charge in [-0.3, -0.25) is 9.59 Å². The van der Waals surface area contributed by atoms with E-state index >= 15 is 0 Å². The first-order chi connectivity index (χ1) is 12.1. The number of carbonyl (C=O) groups is 2. The van der Waals surface area contributed by atoms with Crippen molar-refractivity contribution in [2.45, 2.75) is 56.9 Å². The summed E-state index contributed by atoms with van der Waals surface area (Å²) in [4.78, 5) is 23.4. The Balaban J connectivity index is 2.01. The van der Waals surface area contributed by atoms with Crippen LogP contribution in [0.1, 0.15) is 56.3 Å². The van der Waals surface area contributed by atoms with E-state index in [0.29, 0.717) is 0 Å². The minimum atomic E-state index is -3.66. The Morgan fingerprint density at radius 1 is 1.23 bits per heavy atom. The van der Waals surface area contributed by atoms with Crippen LogP contribution in [-0.2, 0) is 14.8 Å². The molecule has 0 radical (unpaired) electrons. The Kier molecular flexibility index (Phi) is 6.41. The van der Waals surface area contributed by atoms with Crippen LogP contribution < -0.4 is 10.0 Å². The standard InChI is InChI=1S/C18H26N2O5S/c1-18(2,17(22)23)10-11-19-16(21)13-6-5-9-15(12-13)26(24,25)20-14-7-3-4-8-14/h5-6,9,12,14,20H,3-4,7-8,10-11H2,1-2H3,(H,19,21)(H,22,23). The van der Waals surface area contributed by atoms with Gasteiger partial charge in [0.2, 0.25) is 10.0 Å². The Hall–Kier alpha value is -1.93. The van der Waals surface area contributed by atoms with Crippen molar-refractivity contribution in [1.29, 1.82) is 0 Å². The normalized spacial score (nSPS) is 15.8. The van der Waals surface area contributed by atoms with Crippen LogP contribution in [0.5, 0.6) is 0 Å². The molecule has 0 bridgehead atoms. The molecule has 1 fully saturated rings. The largest absolute Gasteiger partial charge is 0.481 e. The molecule has 2 rings (SSSR count). The Morgan fingerprint density at radius 2 is 1.88 bits per heavy atom. The monoisotopic (exact) mass is 382 g/mol. The van der Waals surface area contributed by atoms with E-state index in [0.717, 1.165) is 25.7 Å². The maximum atomic E-state index is 12.5. The summed E-state index contributed by atoms with van der Waals surface area (Å²) >= 11 is 0. The molecular formula is C18H26N2O5S. The van der Waals surface area contributed by atoms with Crippen LogP contribution in [0.15, 0.2) is 29.2 Å². The second-order valence-corrected chi connectivity index (χ2v) is 9.04. The minimum Gasteiger partial charge on any atom is -0.481 e. The number of carbonyl (C=O) groups excluding carboxylic acids is 1. The quantitative estimate of drug-likeness (QED) is 0.638. The summed E-state index contributed by atoms with van der Waals surface area (Å²) in [6.45, 7) is 3.36. The average Bonchev–Trinajstić information content (AvgIpc) is 3.06. The highest BCUT2D eigenvalue weighted by Gasteiger charge is 2.27. The van der Waals surface area contributed by atoms with Gasteiger partial charge < -0.3 is 10.4 Å². The molecule has 1 aliphatic carbocycles. The summed E-state index contributed by atoms with van der Waals surface area (Å²) in [6, 6.07) is 5.82. The van der Waals surface area contributed by atoms with Crippen molar-refractivity contribution >= 4 is 21.9 Å². The van der Waals surface area contributed by atoms with Crippen LogP contribution in [0.2, 0.25) is 0 Å². The fraction of sp³-hybridized carbons (Fsp3) is 0.556. The van der Waals surface area contributed by atoms with E-state index in [4.69, 9.17) is 5.11 Å². The van der Waals surface area contributed by atoms with E-state index in [-0.39, 0.29) is 29.5 Å². The zero-order valence-electron chi connectivity index (χ0n) is 15.1. The van der Waals surface area contributed by atoms with Crippen molar-refractivity contribution in [1.82, 2.24) is 10.0 Å². The number of carboxylic acid groups (broad SMARTS) is 1. The first-order valence-corrected chi connectivity index (χ1v) is 10.2. The number of aliphatic carboxylic acids is 1. The first kappa shape index (κ1) is 20.4. The Morgan fingerprint density at radius 3 is 2.50 bits per heavy atom. The highest BCUT2D eigenvalue weighted by Crippen LogP contribution is 2.21. The number of hydrogen-bond donors (Lipinski definition) is 3. The summed E-state index contributed by atoms with van der Waals surface area (Å²) in [6.07, 6.45) is 3.97. The third-order valence-electron chi connectivity index (χ3n) is 4.70. The van der Waals surface area contributed by atoms with Crippen molar-refractivity contribution in [3.63, 3.8) is 0 Å². The van der Waals surface area contributed by atoms with E-state index in [1.165, 1.54) is 24.3 Å². The van der Waals surface area contributed by atoms with Gasteiger partial charge in [-0.25, -0.2) is 13.1 Å². The number of hydrogen-bond acceptors (Lipinski definition) is 4. The van der Waals surface area contributed by atoms with Gasteiger partial charge in [-0.15, -0.1) is 0 Å². The van der Waals surface area contributed by atoms with Crippen molar-refractivity contribution in [2.75, 3.05) is 6.54 Å². The summed E-state index contributed by atoms with van der Waals surface area (Å²) in [7, 11) is -3.66. The Bertz CT molecular complexity index is 768. The van der Waals surface area contributed by atoms with Crippen molar-refractivity contribution < 1.29 is 23.1 Å². The van der Waals surface area contributed by atoms with Crippen LogP contribution in [0.25, 0.3) is 0 Å². The van der Waals surface area contributed by atoms with Crippen LogP contribution in [0.4, 0.5) is 0 Å². The smallest absolute Gasteiger partial charge is 0.309 e. The number of benzene rings is 1. The van der Waals surface area contributed by atoms with Crippen molar-refractivity contribution in [2.24, 2.45) is 5.41 Å². The lowest BCUT2D eigenvalue weighted by atomic mass is 9.90. The van der Waals surface area contributed by atoms with Crippen LogP contribution in [-0.4, -0.2) is 38.0 Å². The second kappa shape index (κ2) is 8.18. The lowest BCUT2D eigenvalue weighted by molar-refractivity contribution is -0.147. The highest BCUT2D eigenvalue weighted by atomic mass is 32.2. The zero-order valence-corrected chi connectivity index (χ0v) is 15.9. The van der Waals surface area contributed by atoms with Crippen molar-refractivity contribution in [3.05, 3.63) is 29.8 Å². The van der Waals surface area contributed by atoms with E-state index < -0.39 is 27.3 Å². The van der Waals surface area contributed by atoms with Gasteiger partial charge in [0.15, 0.2) is 0 Å².